The molecule has 2 aromatic rings. The minimum Gasteiger partial charge on any atom is -0.383 e. The summed E-state index contributed by atoms with van der Waals surface area (Å²) in [6.07, 6.45) is 3.43. The zero-order valence-corrected chi connectivity index (χ0v) is 10.9. The Kier molecular flexibility index (Phi) is 3.39. The van der Waals surface area contributed by atoms with E-state index < -0.39 is 0 Å². The van der Waals surface area contributed by atoms with E-state index in [1.54, 1.807) is 12.4 Å². The molecule has 0 unspecified atom stereocenters. The topological polar surface area (TPSA) is 104 Å². The van der Waals surface area contributed by atoms with Crippen LogP contribution in [0.3, 0.4) is 0 Å². The van der Waals surface area contributed by atoms with Gasteiger partial charge in [-0.2, -0.15) is 0 Å². The number of rotatable bonds is 2. The van der Waals surface area contributed by atoms with Gasteiger partial charge in [0.1, 0.15) is 11.6 Å². The van der Waals surface area contributed by atoms with Gasteiger partial charge in [-0.3, -0.25) is 0 Å². The van der Waals surface area contributed by atoms with Gasteiger partial charge in [0, 0.05) is 22.0 Å². The van der Waals surface area contributed by atoms with Crippen molar-refractivity contribution in [3.05, 3.63) is 22.0 Å². The highest BCUT2D eigenvalue weighted by molar-refractivity contribution is 14.1. The summed E-state index contributed by atoms with van der Waals surface area (Å²) >= 11 is 3.35. The van der Waals surface area contributed by atoms with Crippen LogP contribution in [-0.4, -0.2) is 19.9 Å². The molecule has 82 valence electrons. The lowest BCUT2D eigenvalue weighted by Crippen LogP contribution is -1.99. The minimum atomic E-state index is 0.334. The summed E-state index contributed by atoms with van der Waals surface area (Å²) in [5.74, 6) is 0.668. The number of hydrogen-bond donors (Lipinski definition) is 2. The quantitative estimate of drug-likeness (QED) is 0.622. The van der Waals surface area contributed by atoms with Gasteiger partial charge in [-0.05, 0) is 34.4 Å². The van der Waals surface area contributed by atoms with Gasteiger partial charge >= 0.3 is 0 Å². The Morgan fingerprint density at radius 3 is 2.12 bits per heavy atom. The first-order valence-electron chi connectivity index (χ1n) is 4.19. The van der Waals surface area contributed by atoms with Crippen LogP contribution in [0.2, 0.25) is 0 Å². The van der Waals surface area contributed by atoms with Crippen molar-refractivity contribution in [3.63, 3.8) is 0 Å². The summed E-state index contributed by atoms with van der Waals surface area (Å²) < 4.78 is 0.968. The maximum absolute atomic E-state index is 5.55. The fourth-order valence-corrected chi connectivity index (χ4v) is 1.90. The van der Waals surface area contributed by atoms with Gasteiger partial charge in [-0.1, -0.05) is 0 Å². The van der Waals surface area contributed by atoms with Crippen molar-refractivity contribution < 1.29 is 0 Å². The number of halogens is 1. The SMILES string of the molecule is Nc1cc(N)nc(Sc2ncc(I)cn2)n1. The van der Waals surface area contributed by atoms with E-state index in [0.29, 0.717) is 21.9 Å². The first-order chi connectivity index (χ1) is 7.63. The molecule has 0 aliphatic heterocycles. The minimum absolute atomic E-state index is 0.334. The molecule has 0 aliphatic carbocycles. The molecule has 0 atom stereocenters. The molecule has 0 aliphatic rings. The lowest BCUT2D eigenvalue weighted by Gasteiger charge is -2.01. The molecule has 16 heavy (non-hydrogen) atoms. The third kappa shape index (κ3) is 2.92. The molecule has 2 heterocycles. The summed E-state index contributed by atoms with van der Waals surface area (Å²) in [6.45, 7) is 0. The van der Waals surface area contributed by atoms with Gasteiger partial charge < -0.3 is 11.5 Å². The number of nitrogens with two attached hydrogens (primary N) is 2. The predicted molar refractivity (Wildman–Crippen MR) is 69.7 cm³/mol. The number of nitrogen functional groups attached to an aromatic ring is 2. The van der Waals surface area contributed by atoms with Crippen LogP contribution in [0.15, 0.2) is 28.8 Å². The molecular weight excluding hydrogens is 339 g/mol. The third-order valence-electron chi connectivity index (χ3n) is 1.52. The van der Waals surface area contributed by atoms with E-state index >= 15 is 0 Å². The van der Waals surface area contributed by atoms with E-state index in [2.05, 4.69) is 42.5 Å². The summed E-state index contributed by atoms with van der Waals surface area (Å²) in [5, 5.41) is 1.00. The standard InChI is InChI=1S/C8H7IN6S/c9-4-2-12-7(13-3-4)16-8-14-5(10)1-6(11)15-8/h1-3H,(H4,10,11,14,15). The Bertz CT molecular complexity index is 482. The van der Waals surface area contributed by atoms with E-state index in [9.17, 15) is 0 Å². The van der Waals surface area contributed by atoms with E-state index in [1.165, 1.54) is 17.8 Å². The summed E-state index contributed by atoms with van der Waals surface area (Å²) in [7, 11) is 0. The highest BCUT2D eigenvalue weighted by Crippen LogP contribution is 2.22. The van der Waals surface area contributed by atoms with Crippen molar-refractivity contribution in [2.75, 3.05) is 11.5 Å². The maximum atomic E-state index is 5.55. The fraction of sp³-hybridized carbons (Fsp3) is 0. The molecule has 8 heteroatoms. The molecule has 0 amide bonds. The van der Waals surface area contributed by atoms with Gasteiger partial charge in [0.2, 0.25) is 0 Å². The van der Waals surface area contributed by atoms with Crippen molar-refractivity contribution >= 4 is 46.0 Å². The normalized spacial score (nSPS) is 10.3. The van der Waals surface area contributed by atoms with E-state index in [1.807, 2.05) is 0 Å². The summed E-state index contributed by atoms with van der Waals surface area (Å²) in [4.78, 5) is 16.3. The second-order valence-electron chi connectivity index (χ2n) is 2.79. The van der Waals surface area contributed by atoms with Crippen molar-refractivity contribution in [1.82, 2.24) is 19.9 Å². The van der Waals surface area contributed by atoms with Crippen molar-refractivity contribution in [1.29, 1.82) is 0 Å². The molecule has 0 fully saturated rings. The van der Waals surface area contributed by atoms with Crippen LogP contribution >= 0.6 is 34.4 Å². The van der Waals surface area contributed by atoms with Gasteiger partial charge in [0.15, 0.2) is 10.3 Å². The van der Waals surface area contributed by atoms with E-state index in [4.69, 9.17) is 11.5 Å². The van der Waals surface area contributed by atoms with Gasteiger partial charge in [0.05, 0.1) is 0 Å². The molecule has 0 radical (unpaired) electrons. The van der Waals surface area contributed by atoms with Crippen LogP contribution < -0.4 is 11.5 Å². The smallest absolute Gasteiger partial charge is 0.199 e. The van der Waals surface area contributed by atoms with Crippen LogP contribution in [0.4, 0.5) is 11.6 Å². The summed E-state index contributed by atoms with van der Waals surface area (Å²) in [6, 6.07) is 1.50. The average Bonchev–Trinajstić information content (AvgIpc) is 2.20. The van der Waals surface area contributed by atoms with E-state index in [0.717, 1.165) is 3.57 Å². The third-order valence-corrected chi connectivity index (χ3v) is 2.84. The predicted octanol–water partition coefficient (Wildman–Crippen LogP) is 1.19. The van der Waals surface area contributed by atoms with Crippen LogP contribution in [0.5, 0.6) is 0 Å². The molecule has 4 N–H and O–H groups in total. The zero-order chi connectivity index (χ0) is 11.5. The maximum Gasteiger partial charge on any atom is 0.199 e. The largest absolute Gasteiger partial charge is 0.383 e. The van der Waals surface area contributed by atoms with Crippen LogP contribution in [0, 0.1) is 3.57 Å². The Morgan fingerprint density at radius 2 is 1.56 bits per heavy atom. The van der Waals surface area contributed by atoms with E-state index in [-0.39, 0.29) is 0 Å². The molecule has 0 saturated carbocycles. The highest BCUT2D eigenvalue weighted by Gasteiger charge is 2.05. The second kappa shape index (κ2) is 4.78. The Hall–Kier alpha value is -1.16. The van der Waals surface area contributed by atoms with Crippen molar-refractivity contribution in [3.8, 4) is 0 Å². The number of anilines is 2. The van der Waals surface area contributed by atoms with Crippen LogP contribution in [0.1, 0.15) is 0 Å². The number of nitrogens with zero attached hydrogens (tertiary/aromatic N) is 4. The van der Waals surface area contributed by atoms with Gasteiger partial charge in [0.25, 0.3) is 0 Å². The molecule has 2 rings (SSSR count). The second-order valence-corrected chi connectivity index (χ2v) is 4.97. The number of aromatic nitrogens is 4. The van der Waals surface area contributed by atoms with Crippen LogP contribution in [-0.2, 0) is 0 Å². The molecule has 6 nitrogen and oxygen atoms in total. The Balaban J connectivity index is 2.23. The number of hydrogen-bond acceptors (Lipinski definition) is 7. The molecular formula is C8H7IN6S. The lowest BCUT2D eigenvalue weighted by atomic mass is 10.5. The van der Waals surface area contributed by atoms with Gasteiger partial charge in [-0.15, -0.1) is 0 Å². The first-order valence-corrected chi connectivity index (χ1v) is 6.08. The molecule has 0 saturated heterocycles. The molecule has 0 spiro atoms. The molecule has 2 aromatic heterocycles. The van der Waals surface area contributed by atoms with Gasteiger partial charge in [-0.25, -0.2) is 19.9 Å². The lowest BCUT2D eigenvalue weighted by molar-refractivity contribution is 0.929. The van der Waals surface area contributed by atoms with Crippen LogP contribution in [0.25, 0.3) is 0 Å². The highest BCUT2D eigenvalue weighted by atomic mass is 127. The van der Waals surface area contributed by atoms with Crippen molar-refractivity contribution in [2.45, 2.75) is 10.3 Å². The summed E-state index contributed by atoms with van der Waals surface area (Å²) in [5.41, 5.74) is 11.1. The molecule has 0 aromatic carbocycles. The van der Waals surface area contributed by atoms with Crippen molar-refractivity contribution in [2.24, 2.45) is 0 Å². The monoisotopic (exact) mass is 346 g/mol. The zero-order valence-electron chi connectivity index (χ0n) is 7.96. The Morgan fingerprint density at radius 1 is 1.00 bits per heavy atom. The molecule has 0 bridgehead atoms. The first kappa shape index (κ1) is 11.3. The average molecular weight is 346 g/mol. The Labute approximate surface area is 109 Å². The fourth-order valence-electron chi connectivity index (χ4n) is 0.942.